The third kappa shape index (κ3) is 4.16. The van der Waals surface area contributed by atoms with Gasteiger partial charge in [-0.3, -0.25) is 9.98 Å². The Kier molecular flexibility index (Phi) is 6.38. The predicted molar refractivity (Wildman–Crippen MR) is 171 cm³/mol. The molecule has 0 saturated carbocycles. The third-order valence-electron chi connectivity index (χ3n) is 9.30. The molecule has 6 aromatic rings. The lowest BCUT2D eigenvalue weighted by molar-refractivity contribution is -0.288. The van der Waals surface area contributed by atoms with E-state index in [1.165, 1.54) is 24.3 Å². The zero-order valence-corrected chi connectivity index (χ0v) is 24.4. The van der Waals surface area contributed by atoms with E-state index in [9.17, 15) is 0 Å². The summed E-state index contributed by atoms with van der Waals surface area (Å²) in [4.78, 5) is 10.4. The number of benzene rings is 4. The van der Waals surface area contributed by atoms with Crippen molar-refractivity contribution in [3.8, 4) is 5.69 Å². The Labute approximate surface area is 264 Å². The molecule has 0 amide bonds. The van der Waals surface area contributed by atoms with Crippen molar-refractivity contribution in [2.24, 2.45) is 4.99 Å². The van der Waals surface area contributed by atoms with Crippen LogP contribution in [-0.4, -0.2) is 34.2 Å². The second-order valence-electron chi connectivity index (χ2n) is 11.7. The fourth-order valence-electron chi connectivity index (χ4n) is 7.27. The maximum absolute atomic E-state index is 15.1. The molecule has 2 aliphatic heterocycles. The Morgan fingerprint density at radius 3 is 1.94 bits per heavy atom. The Hall–Kier alpha value is -5.38. The van der Waals surface area contributed by atoms with Gasteiger partial charge in [-0.2, -0.15) is 26.3 Å². The van der Waals surface area contributed by atoms with Gasteiger partial charge in [0.05, 0.1) is 17.1 Å². The van der Waals surface area contributed by atoms with Crippen molar-refractivity contribution < 1.29 is 26.3 Å². The van der Waals surface area contributed by atoms with Gasteiger partial charge >= 0.3 is 12.4 Å². The SMILES string of the molecule is FC(F)(F)C(c1ccc(N2c3ccccc3C3C=NC=CC32)cc1)(c1ccc(-n2c3ccccc3c3cnccc32)cc1)C(F)(F)F. The minimum atomic E-state index is -5.71. The lowest BCUT2D eigenvalue weighted by Gasteiger charge is -2.38. The second kappa shape index (κ2) is 10.3. The van der Waals surface area contributed by atoms with Gasteiger partial charge in [0.1, 0.15) is 0 Å². The van der Waals surface area contributed by atoms with E-state index in [1.807, 2.05) is 59.5 Å². The van der Waals surface area contributed by atoms with E-state index in [4.69, 9.17) is 0 Å². The van der Waals surface area contributed by atoms with E-state index >= 15 is 26.3 Å². The summed E-state index contributed by atoms with van der Waals surface area (Å²) >= 11 is 0. The summed E-state index contributed by atoms with van der Waals surface area (Å²) in [6, 6.07) is 25.6. The zero-order chi connectivity index (χ0) is 32.6. The van der Waals surface area contributed by atoms with Gasteiger partial charge < -0.3 is 9.47 Å². The molecule has 2 aromatic heterocycles. The molecule has 4 heterocycles. The van der Waals surface area contributed by atoms with Gasteiger partial charge in [-0.1, -0.05) is 60.7 Å². The maximum atomic E-state index is 15.1. The van der Waals surface area contributed by atoms with Gasteiger partial charge in [-0.25, -0.2) is 0 Å². The van der Waals surface area contributed by atoms with Crippen LogP contribution < -0.4 is 4.90 Å². The molecule has 10 heteroatoms. The number of hydrogen-bond donors (Lipinski definition) is 0. The van der Waals surface area contributed by atoms with E-state index < -0.39 is 28.9 Å². The number of halogens is 6. The monoisotopic (exact) mass is 638 g/mol. The molecule has 0 bridgehead atoms. The lowest BCUT2D eigenvalue weighted by Crippen LogP contribution is -2.54. The van der Waals surface area contributed by atoms with Crippen LogP contribution in [0, 0.1) is 0 Å². The van der Waals surface area contributed by atoms with Crippen LogP contribution in [0.1, 0.15) is 22.6 Å². The van der Waals surface area contributed by atoms with Crippen molar-refractivity contribution in [2.45, 2.75) is 29.7 Å². The summed E-state index contributed by atoms with van der Waals surface area (Å²) in [6.07, 6.45) is -2.82. The molecule has 4 aromatic carbocycles. The molecule has 2 atom stereocenters. The maximum Gasteiger partial charge on any atom is 0.411 e. The molecule has 8 rings (SSSR count). The molecule has 0 fully saturated rings. The van der Waals surface area contributed by atoms with Crippen LogP contribution in [0.25, 0.3) is 27.5 Å². The fraction of sp³-hybridized carbons (Fsp3) is 0.135. The van der Waals surface area contributed by atoms with Gasteiger partial charge in [-0.05, 0) is 65.2 Å². The van der Waals surface area contributed by atoms with Crippen LogP contribution >= 0.6 is 0 Å². The average molecular weight is 639 g/mol. The van der Waals surface area contributed by atoms with Crippen molar-refractivity contribution in [3.63, 3.8) is 0 Å². The molecule has 47 heavy (non-hydrogen) atoms. The summed E-state index contributed by atoms with van der Waals surface area (Å²) in [5.74, 6) is -0.0929. The molecule has 2 aliphatic rings. The van der Waals surface area contributed by atoms with Gasteiger partial charge in [0.2, 0.25) is 5.41 Å². The molecule has 2 unspecified atom stereocenters. The Morgan fingerprint density at radius 2 is 1.23 bits per heavy atom. The largest absolute Gasteiger partial charge is 0.411 e. The normalized spacial score (nSPS) is 17.8. The number of nitrogens with zero attached hydrogens (tertiary/aromatic N) is 4. The fourth-order valence-corrected chi connectivity index (χ4v) is 7.27. The zero-order valence-electron chi connectivity index (χ0n) is 24.4. The van der Waals surface area contributed by atoms with Crippen LogP contribution in [0.15, 0.2) is 133 Å². The van der Waals surface area contributed by atoms with Gasteiger partial charge in [0.25, 0.3) is 0 Å². The van der Waals surface area contributed by atoms with Crippen LogP contribution in [0.2, 0.25) is 0 Å². The number of anilines is 2. The highest BCUT2D eigenvalue weighted by Gasteiger charge is 2.72. The smallest absolute Gasteiger partial charge is 0.333 e. The number of aliphatic imine (C=N–C) groups is 1. The number of pyridine rings is 1. The lowest BCUT2D eigenvalue weighted by atomic mass is 9.73. The third-order valence-corrected chi connectivity index (χ3v) is 9.30. The van der Waals surface area contributed by atoms with Crippen LogP contribution in [0.5, 0.6) is 0 Å². The average Bonchev–Trinajstić information content (AvgIpc) is 3.58. The standard InChI is InChI=1S/C37H24F6N4/c38-36(39,40)35(37(41,42)43,23-9-13-25(14-10-23)46-31-7-3-1-5-27(31)29-21-44-19-17-33(29)46)24-11-15-26(16-12-24)47-32-8-4-2-6-28(32)30-22-45-20-18-34(30)47/h1-22,29,33H. The first kappa shape index (κ1) is 29.1. The first-order valence-electron chi connectivity index (χ1n) is 14.9. The van der Waals surface area contributed by atoms with Crippen LogP contribution in [0.4, 0.5) is 37.7 Å². The van der Waals surface area contributed by atoms with Crippen LogP contribution in [0.3, 0.4) is 0 Å². The highest BCUT2D eigenvalue weighted by molar-refractivity contribution is 6.08. The van der Waals surface area contributed by atoms with Crippen LogP contribution in [-0.2, 0) is 5.41 Å². The molecule has 234 valence electrons. The Morgan fingerprint density at radius 1 is 0.617 bits per heavy atom. The molecule has 0 spiro atoms. The number of para-hydroxylation sites is 2. The van der Waals surface area contributed by atoms with Gasteiger partial charge in [0, 0.05) is 58.6 Å². The van der Waals surface area contributed by atoms with E-state index in [2.05, 4.69) is 9.98 Å². The number of alkyl halides is 6. The van der Waals surface area contributed by atoms with Gasteiger partial charge in [0.15, 0.2) is 0 Å². The summed E-state index contributed by atoms with van der Waals surface area (Å²) in [6.45, 7) is 0. The summed E-state index contributed by atoms with van der Waals surface area (Å²) in [5.41, 5.74) is -1.93. The summed E-state index contributed by atoms with van der Waals surface area (Å²) < 4.78 is 92.3. The molecule has 4 nitrogen and oxygen atoms in total. The van der Waals surface area contributed by atoms with E-state index in [0.29, 0.717) is 11.4 Å². The van der Waals surface area contributed by atoms with Crippen molar-refractivity contribution in [3.05, 3.63) is 144 Å². The number of fused-ring (bicyclic) bond motifs is 6. The number of hydrogen-bond acceptors (Lipinski definition) is 3. The van der Waals surface area contributed by atoms with E-state index in [-0.39, 0.29) is 12.0 Å². The molecule has 0 radical (unpaired) electrons. The first-order chi connectivity index (χ1) is 22.6. The predicted octanol–water partition coefficient (Wildman–Crippen LogP) is 9.79. The van der Waals surface area contributed by atoms with E-state index in [0.717, 1.165) is 57.3 Å². The number of aromatic nitrogens is 2. The van der Waals surface area contributed by atoms with Gasteiger partial charge in [-0.15, -0.1) is 0 Å². The summed E-state index contributed by atoms with van der Waals surface area (Å²) in [7, 11) is 0. The highest BCUT2D eigenvalue weighted by atomic mass is 19.4. The van der Waals surface area contributed by atoms with Crippen molar-refractivity contribution in [1.82, 2.24) is 9.55 Å². The van der Waals surface area contributed by atoms with Crippen molar-refractivity contribution in [2.75, 3.05) is 4.90 Å². The van der Waals surface area contributed by atoms with Crippen molar-refractivity contribution >= 4 is 39.4 Å². The molecule has 0 aliphatic carbocycles. The Balaban J connectivity index is 1.25. The first-order valence-corrected chi connectivity index (χ1v) is 14.9. The highest BCUT2D eigenvalue weighted by Crippen LogP contribution is 2.57. The topological polar surface area (TPSA) is 33.4 Å². The van der Waals surface area contributed by atoms with E-state index in [1.54, 1.807) is 35.4 Å². The number of rotatable bonds is 4. The second-order valence-corrected chi connectivity index (χ2v) is 11.7. The minimum absolute atomic E-state index is 0.0929. The molecular weight excluding hydrogens is 614 g/mol. The molecule has 0 N–H and O–H groups in total. The molecule has 0 saturated heterocycles. The van der Waals surface area contributed by atoms with Crippen molar-refractivity contribution in [1.29, 1.82) is 0 Å². The Bertz CT molecular complexity index is 2130. The minimum Gasteiger partial charge on any atom is -0.333 e. The summed E-state index contributed by atoms with van der Waals surface area (Å²) in [5, 5.41) is 1.68. The quantitative estimate of drug-likeness (QED) is 0.180. The molecular formula is C37H24F6N4.